The third-order valence-corrected chi connectivity index (χ3v) is 8.56. The van der Waals surface area contributed by atoms with Crippen LogP contribution in [0.15, 0.2) is 144 Å². The standard InChI is InChI=1S/C40H27N/c1-41-37-15-5-4-14-36(37)38(33-19-16-26-8-2-3-9-30(26)24-33)32-13-7-12-31(25-32)34-22-20-29-18-17-27-10-6-11-28-21-23-35(34)40(29)39(27)28/h2-23,25H,1,24H2/b38-33-. The van der Waals surface area contributed by atoms with Gasteiger partial charge in [0.2, 0.25) is 0 Å². The zero-order valence-electron chi connectivity index (χ0n) is 22.6. The maximum Gasteiger partial charge on any atom is 0.0701 e. The predicted octanol–water partition coefficient (Wildman–Crippen LogP) is 10.7. The number of aliphatic imine (C=N–C) groups is 1. The van der Waals surface area contributed by atoms with Crippen LogP contribution in [0.4, 0.5) is 5.69 Å². The highest BCUT2D eigenvalue weighted by atomic mass is 14.7. The van der Waals surface area contributed by atoms with Crippen LogP contribution in [0.25, 0.3) is 55.1 Å². The van der Waals surface area contributed by atoms with Crippen molar-refractivity contribution in [1.82, 2.24) is 0 Å². The second-order valence-electron chi connectivity index (χ2n) is 10.8. The molecule has 41 heavy (non-hydrogen) atoms. The van der Waals surface area contributed by atoms with E-state index < -0.39 is 0 Å². The lowest BCUT2D eigenvalue weighted by molar-refractivity contribution is 1.17. The van der Waals surface area contributed by atoms with Crippen molar-refractivity contribution in [3.8, 4) is 11.1 Å². The molecule has 0 N–H and O–H groups in total. The molecule has 0 saturated heterocycles. The minimum atomic E-state index is 0.871. The van der Waals surface area contributed by atoms with Crippen LogP contribution in [0.1, 0.15) is 22.3 Å². The van der Waals surface area contributed by atoms with Gasteiger partial charge in [0.1, 0.15) is 0 Å². The van der Waals surface area contributed by atoms with Gasteiger partial charge in [-0.2, -0.15) is 0 Å². The highest BCUT2D eigenvalue weighted by Gasteiger charge is 2.19. The Hall–Kier alpha value is -5.27. The summed E-state index contributed by atoms with van der Waals surface area (Å²) in [5.74, 6) is 0. The Bertz CT molecular complexity index is 2180. The van der Waals surface area contributed by atoms with Crippen LogP contribution in [0.2, 0.25) is 0 Å². The Morgan fingerprint density at radius 1 is 0.610 bits per heavy atom. The molecule has 0 aromatic heterocycles. The lowest BCUT2D eigenvalue weighted by Gasteiger charge is -2.20. The molecule has 0 amide bonds. The van der Waals surface area contributed by atoms with Gasteiger partial charge in [-0.3, -0.25) is 4.99 Å². The number of benzene rings is 7. The summed E-state index contributed by atoms with van der Waals surface area (Å²) < 4.78 is 0. The van der Waals surface area contributed by atoms with E-state index in [1.165, 1.54) is 71.3 Å². The van der Waals surface area contributed by atoms with Gasteiger partial charge in [0.05, 0.1) is 5.69 Å². The van der Waals surface area contributed by atoms with E-state index in [1.54, 1.807) is 0 Å². The number of para-hydroxylation sites is 1. The Kier molecular flexibility index (Phi) is 5.43. The molecular formula is C40H27N. The molecule has 0 spiro atoms. The molecule has 1 aliphatic carbocycles. The van der Waals surface area contributed by atoms with E-state index in [9.17, 15) is 0 Å². The maximum atomic E-state index is 4.42. The van der Waals surface area contributed by atoms with Gasteiger partial charge in [-0.15, -0.1) is 0 Å². The molecule has 0 fully saturated rings. The number of nitrogens with zero attached hydrogens (tertiary/aromatic N) is 1. The normalized spacial score (nSPS) is 14.0. The first kappa shape index (κ1) is 23.6. The van der Waals surface area contributed by atoms with Gasteiger partial charge in [-0.25, -0.2) is 0 Å². The molecule has 0 radical (unpaired) electrons. The highest BCUT2D eigenvalue weighted by molar-refractivity contribution is 6.25. The zero-order valence-corrected chi connectivity index (χ0v) is 22.6. The van der Waals surface area contributed by atoms with E-state index >= 15 is 0 Å². The fraction of sp³-hybridized carbons (Fsp3) is 0.0250. The van der Waals surface area contributed by atoms with Gasteiger partial charge >= 0.3 is 0 Å². The molecule has 0 aliphatic heterocycles. The second kappa shape index (κ2) is 9.43. The number of rotatable bonds is 4. The van der Waals surface area contributed by atoms with Crippen LogP contribution in [-0.2, 0) is 6.42 Å². The quantitative estimate of drug-likeness (QED) is 0.161. The van der Waals surface area contributed by atoms with Crippen molar-refractivity contribution in [3.63, 3.8) is 0 Å². The second-order valence-corrected chi connectivity index (χ2v) is 10.8. The summed E-state index contributed by atoms with van der Waals surface area (Å²) in [6.45, 7) is 3.90. The third kappa shape index (κ3) is 3.82. The Morgan fingerprint density at radius 2 is 1.34 bits per heavy atom. The van der Waals surface area contributed by atoms with E-state index in [0.29, 0.717) is 0 Å². The van der Waals surface area contributed by atoms with Crippen LogP contribution < -0.4 is 0 Å². The molecule has 1 heteroatoms. The molecule has 1 aliphatic rings. The molecular weight excluding hydrogens is 494 g/mol. The van der Waals surface area contributed by atoms with E-state index in [2.05, 4.69) is 139 Å². The number of allylic oxidation sites excluding steroid dienone is 2. The van der Waals surface area contributed by atoms with E-state index in [-0.39, 0.29) is 0 Å². The number of fused-ring (bicyclic) bond motifs is 1. The van der Waals surface area contributed by atoms with Crippen LogP contribution in [0.3, 0.4) is 0 Å². The van der Waals surface area contributed by atoms with E-state index in [0.717, 1.165) is 17.7 Å². The minimum Gasteiger partial charge on any atom is -0.264 e. The summed E-state index contributed by atoms with van der Waals surface area (Å²) in [6, 6.07) is 46.2. The smallest absolute Gasteiger partial charge is 0.0701 e. The maximum absolute atomic E-state index is 4.42. The van der Waals surface area contributed by atoms with Gasteiger partial charge in [-0.05, 0) is 96.6 Å². The van der Waals surface area contributed by atoms with Gasteiger partial charge in [0.25, 0.3) is 0 Å². The number of hydrogen-bond donors (Lipinski definition) is 0. The largest absolute Gasteiger partial charge is 0.264 e. The molecule has 0 atom stereocenters. The van der Waals surface area contributed by atoms with Crippen molar-refractivity contribution in [2.45, 2.75) is 6.42 Å². The van der Waals surface area contributed by atoms with Crippen molar-refractivity contribution in [3.05, 3.63) is 161 Å². The SMILES string of the molecule is C=Nc1ccccc1/C(=C1/C=Cc2ccccc2C1)c1cccc(-c2ccc3ccc4cccc5ccc2c3c45)c1. The van der Waals surface area contributed by atoms with Crippen molar-refractivity contribution in [1.29, 1.82) is 0 Å². The van der Waals surface area contributed by atoms with E-state index in [1.807, 2.05) is 12.1 Å². The van der Waals surface area contributed by atoms with Crippen LogP contribution in [0, 0.1) is 0 Å². The molecule has 7 aromatic carbocycles. The van der Waals surface area contributed by atoms with Crippen molar-refractivity contribution in [2.75, 3.05) is 0 Å². The lowest BCUT2D eigenvalue weighted by atomic mass is 9.84. The highest BCUT2D eigenvalue weighted by Crippen LogP contribution is 2.42. The Labute approximate surface area is 239 Å². The van der Waals surface area contributed by atoms with Crippen molar-refractivity contribution < 1.29 is 0 Å². The van der Waals surface area contributed by atoms with Crippen molar-refractivity contribution in [2.24, 2.45) is 4.99 Å². The first-order valence-electron chi connectivity index (χ1n) is 14.1. The topological polar surface area (TPSA) is 12.4 Å². The summed E-state index contributed by atoms with van der Waals surface area (Å²) in [4.78, 5) is 4.42. The van der Waals surface area contributed by atoms with E-state index in [4.69, 9.17) is 0 Å². The van der Waals surface area contributed by atoms with Crippen LogP contribution in [-0.4, -0.2) is 6.72 Å². The Balaban J connectivity index is 1.36. The first-order valence-corrected chi connectivity index (χ1v) is 14.1. The van der Waals surface area contributed by atoms with Crippen LogP contribution >= 0.6 is 0 Å². The first-order chi connectivity index (χ1) is 20.3. The summed E-state index contributed by atoms with van der Waals surface area (Å²) in [7, 11) is 0. The molecule has 192 valence electrons. The monoisotopic (exact) mass is 521 g/mol. The molecule has 8 rings (SSSR count). The minimum absolute atomic E-state index is 0.871. The summed E-state index contributed by atoms with van der Waals surface area (Å²) >= 11 is 0. The zero-order chi connectivity index (χ0) is 27.3. The average molecular weight is 522 g/mol. The fourth-order valence-corrected chi connectivity index (χ4v) is 6.65. The summed E-state index contributed by atoms with van der Waals surface area (Å²) in [6.07, 6.45) is 5.39. The molecule has 7 aromatic rings. The predicted molar refractivity (Wildman–Crippen MR) is 176 cm³/mol. The summed E-state index contributed by atoms with van der Waals surface area (Å²) in [5.41, 5.74) is 10.8. The molecule has 0 unspecified atom stereocenters. The van der Waals surface area contributed by atoms with Crippen LogP contribution in [0.5, 0.6) is 0 Å². The number of hydrogen-bond acceptors (Lipinski definition) is 1. The van der Waals surface area contributed by atoms with Crippen molar-refractivity contribution >= 4 is 56.4 Å². The average Bonchev–Trinajstić information content (AvgIpc) is 3.04. The molecule has 0 saturated carbocycles. The molecule has 0 bridgehead atoms. The van der Waals surface area contributed by atoms with Gasteiger partial charge in [-0.1, -0.05) is 127 Å². The molecule has 0 heterocycles. The fourth-order valence-electron chi connectivity index (χ4n) is 6.65. The summed E-state index contributed by atoms with van der Waals surface area (Å²) in [5, 5.41) is 7.84. The van der Waals surface area contributed by atoms with Gasteiger partial charge in [0, 0.05) is 5.56 Å². The van der Waals surface area contributed by atoms with Gasteiger partial charge in [0.15, 0.2) is 0 Å². The lowest BCUT2D eigenvalue weighted by Crippen LogP contribution is -2.02. The van der Waals surface area contributed by atoms with Gasteiger partial charge < -0.3 is 0 Å². The Morgan fingerprint density at radius 3 is 2.22 bits per heavy atom. The molecule has 1 nitrogen and oxygen atoms in total. The third-order valence-electron chi connectivity index (χ3n) is 8.56.